The number of ether oxygens (including phenoxy) is 1. The number of nitrogens with one attached hydrogen (secondary N) is 1. The van der Waals surface area contributed by atoms with Crippen LogP contribution in [-0.4, -0.2) is 20.5 Å². The molecule has 0 aliphatic carbocycles. The second-order valence-electron chi connectivity index (χ2n) is 6.22. The molecule has 8 heteroatoms. The van der Waals surface area contributed by atoms with Crippen molar-refractivity contribution in [2.24, 2.45) is 5.92 Å². The van der Waals surface area contributed by atoms with Gasteiger partial charge in [-0.05, 0) is 31.9 Å². The summed E-state index contributed by atoms with van der Waals surface area (Å²) < 4.78 is 7.05. The largest absolute Gasteiger partial charge is 0.487 e. The Kier molecular flexibility index (Phi) is 5.85. The standard InChI is InChI=1S/C19H22N4O3S/c1-4-13(5-2)18(25)20-14-7-6-8-16(9-14)26-11-15-10-17(24)23-19(21-15)27-12(3)22-23/h6-10,13H,4-5,11H2,1-3H3,(H,20,25). The summed E-state index contributed by atoms with van der Waals surface area (Å²) in [4.78, 5) is 29.3. The second-order valence-corrected chi connectivity index (χ2v) is 7.38. The lowest BCUT2D eigenvalue weighted by Gasteiger charge is -2.13. The molecule has 2 aromatic heterocycles. The summed E-state index contributed by atoms with van der Waals surface area (Å²) in [7, 11) is 0. The van der Waals surface area contributed by atoms with Gasteiger partial charge < -0.3 is 10.1 Å². The Labute approximate surface area is 161 Å². The summed E-state index contributed by atoms with van der Waals surface area (Å²) in [5.74, 6) is 0.610. The maximum atomic E-state index is 12.2. The third kappa shape index (κ3) is 4.51. The zero-order chi connectivity index (χ0) is 19.4. The maximum Gasteiger partial charge on any atom is 0.275 e. The fourth-order valence-electron chi connectivity index (χ4n) is 2.75. The maximum absolute atomic E-state index is 12.2. The number of aromatic nitrogens is 3. The molecule has 0 atom stereocenters. The van der Waals surface area contributed by atoms with Crippen molar-refractivity contribution in [3.05, 3.63) is 51.4 Å². The van der Waals surface area contributed by atoms with Gasteiger partial charge in [-0.25, -0.2) is 4.98 Å². The van der Waals surface area contributed by atoms with E-state index in [1.807, 2.05) is 32.9 Å². The van der Waals surface area contributed by atoms with E-state index in [2.05, 4.69) is 15.4 Å². The van der Waals surface area contributed by atoms with E-state index in [0.29, 0.717) is 22.1 Å². The van der Waals surface area contributed by atoms with E-state index in [0.717, 1.165) is 17.8 Å². The van der Waals surface area contributed by atoms with Crippen LogP contribution < -0.4 is 15.6 Å². The minimum Gasteiger partial charge on any atom is -0.487 e. The highest BCUT2D eigenvalue weighted by atomic mass is 32.1. The van der Waals surface area contributed by atoms with E-state index in [1.165, 1.54) is 21.9 Å². The molecule has 0 aliphatic heterocycles. The van der Waals surface area contributed by atoms with Crippen molar-refractivity contribution < 1.29 is 9.53 Å². The summed E-state index contributed by atoms with van der Waals surface area (Å²) in [5.41, 5.74) is 0.996. The van der Waals surface area contributed by atoms with E-state index in [4.69, 9.17) is 4.74 Å². The van der Waals surface area contributed by atoms with E-state index < -0.39 is 0 Å². The normalized spacial score (nSPS) is 11.1. The molecule has 142 valence electrons. The first-order valence-corrected chi connectivity index (χ1v) is 9.72. The number of hydrogen-bond acceptors (Lipinski definition) is 6. The topological polar surface area (TPSA) is 85.6 Å². The van der Waals surface area contributed by atoms with Crippen LogP contribution in [0.15, 0.2) is 35.1 Å². The fourth-order valence-corrected chi connectivity index (χ4v) is 3.52. The van der Waals surface area contributed by atoms with Crippen LogP contribution in [0.5, 0.6) is 5.75 Å². The number of hydrogen-bond donors (Lipinski definition) is 1. The fraction of sp³-hybridized carbons (Fsp3) is 0.368. The Bertz CT molecular complexity index is 1010. The Morgan fingerprint density at radius 3 is 2.81 bits per heavy atom. The summed E-state index contributed by atoms with van der Waals surface area (Å²) in [6.45, 7) is 6.00. The van der Waals surface area contributed by atoms with E-state index in [-0.39, 0.29) is 24.0 Å². The highest BCUT2D eigenvalue weighted by molar-refractivity contribution is 7.16. The zero-order valence-corrected chi connectivity index (χ0v) is 16.4. The molecule has 0 fully saturated rings. The number of rotatable bonds is 7. The number of nitrogens with zero attached hydrogens (tertiary/aromatic N) is 3. The van der Waals surface area contributed by atoms with Crippen molar-refractivity contribution in [2.75, 3.05) is 5.32 Å². The quantitative estimate of drug-likeness (QED) is 0.672. The summed E-state index contributed by atoms with van der Waals surface area (Å²) in [6.07, 6.45) is 1.61. The number of fused-ring (bicyclic) bond motifs is 1. The molecule has 3 aromatic rings. The van der Waals surface area contributed by atoms with Gasteiger partial charge >= 0.3 is 0 Å². The predicted octanol–water partition coefficient (Wildman–Crippen LogP) is 3.41. The van der Waals surface area contributed by atoms with Gasteiger partial charge in [0.1, 0.15) is 17.4 Å². The van der Waals surface area contributed by atoms with E-state index in [1.54, 1.807) is 12.1 Å². The van der Waals surface area contributed by atoms with Crippen LogP contribution in [0.1, 0.15) is 37.4 Å². The third-order valence-corrected chi connectivity index (χ3v) is 5.07. The molecule has 0 aliphatic rings. The lowest BCUT2D eigenvalue weighted by molar-refractivity contribution is -0.120. The predicted molar refractivity (Wildman–Crippen MR) is 105 cm³/mol. The van der Waals surface area contributed by atoms with Crippen molar-refractivity contribution in [1.29, 1.82) is 0 Å². The molecule has 1 aromatic carbocycles. The molecular weight excluding hydrogens is 364 g/mol. The second kappa shape index (κ2) is 8.30. The Balaban J connectivity index is 1.70. The smallest absolute Gasteiger partial charge is 0.275 e. The Hall–Kier alpha value is -2.74. The first-order valence-electron chi connectivity index (χ1n) is 8.90. The van der Waals surface area contributed by atoms with Gasteiger partial charge in [0, 0.05) is 23.7 Å². The van der Waals surface area contributed by atoms with Crippen LogP contribution in [0.25, 0.3) is 4.96 Å². The van der Waals surface area contributed by atoms with E-state index in [9.17, 15) is 9.59 Å². The highest BCUT2D eigenvalue weighted by Crippen LogP contribution is 2.20. The van der Waals surface area contributed by atoms with Crippen LogP contribution in [0.2, 0.25) is 0 Å². The Morgan fingerprint density at radius 2 is 2.07 bits per heavy atom. The van der Waals surface area contributed by atoms with Crippen molar-refractivity contribution in [3.63, 3.8) is 0 Å². The van der Waals surface area contributed by atoms with Gasteiger partial charge in [-0.2, -0.15) is 9.61 Å². The first kappa shape index (κ1) is 19.0. The van der Waals surface area contributed by atoms with Crippen molar-refractivity contribution in [1.82, 2.24) is 14.6 Å². The lowest BCUT2D eigenvalue weighted by Crippen LogP contribution is -2.21. The number of carbonyl (C=O) groups excluding carboxylic acids is 1. The average molecular weight is 386 g/mol. The third-order valence-electron chi connectivity index (χ3n) is 4.24. The van der Waals surface area contributed by atoms with Crippen molar-refractivity contribution >= 4 is 27.9 Å². The monoisotopic (exact) mass is 386 g/mol. The molecule has 3 rings (SSSR count). The molecule has 0 bridgehead atoms. The van der Waals surface area contributed by atoms with Crippen LogP contribution in [0.4, 0.5) is 5.69 Å². The number of benzene rings is 1. The first-order chi connectivity index (χ1) is 13.0. The summed E-state index contributed by atoms with van der Waals surface area (Å²) >= 11 is 1.36. The molecule has 2 heterocycles. The van der Waals surface area contributed by atoms with Gasteiger partial charge in [0.05, 0.1) is 5.69 Å². The van der Waals surface area contributed by atoms with Crippen molar-refractivity contribution in [2.45, 2.75) is 40.2 Å². The average Bonchev–Trinajstić information content (AvgIpc) is 3.02. The van der Waals surface area contributed by atoms with Gasteiger partial charge in [-0.15, -0.1) is 0 Å². The van der Waals surface area contributed by atoms with Crippen LogP contribution >= 0.6 is 11.3 Å². The SMILES string of the molecule is CCC(CC)C(=O)Nc1cccc(OCc2cc(=O)n3nc(C)sc3n2)c1. The molecule has 0 radical (unpaired) electrons. The van der Waals surface area contributed by atoms with Crippen molar-refractivity contribution in [3.8, 4) is 5.75 Å². The lowest BCUT2D eigenvalue weighted by atomic mass is 10.0. The molecule has 1 N–H and O–H groups in total. The van der Waals surface area contributed by atoms with Gasteiger partial charge in [-0.3, -0.25) is 9.59 Å². The minimum atomic E-state index is -0.228. The van der Waals surface area contributed by atoms with Crippen LogP contribution in [0.3, 0.4) is 0 Å². The number of carbonyl (C=O) groups is 1. The van der Waals surface area contributed by atoms with E-state index >= 15 is 0 Å². The van der Waals surface area contributed by atoms with Gasteiger partial charge in [0.25, 0.3) is 5.56 Å². The number of anilines is 1. The number of aryl methyl sites for hydroxylation is 1. The highest BCUT2D eigenvalue weighted by Gasteiger charge is 2.14. The summed E-state index contributed by atoms with van der Waals surface area (Å²) in [6, 6.07) is 8.63. The minimum absolute atomic E-state index is 0.00124. The molecule has 0 unspecified atom stereocenters. The molecule has 7 nitrogen and oxygen atoms in total. The Morgan fingerprint density at radius 1 is 1.30 bits per heavy atom. The molecule has 27 heavy (non-hydrogen) atoms. The van der Waals surface area contributed by atoms with Gasteiger partial charge in [0.15, 0.2) is 0 Å². The van der Waals surface area contributed by atoms with Crippen LogP contribution in [-0.2, 0) is 11.4 Å². The van der Waals surface area contributed by atoms with Gasteiger partial charge in [0.2, 0.25) is 10.9 Å². The molecule has 0 spiro atoms. The zero-order valence-electron chi connectivity index (χ0n) is 15.6. The van der Waals surface area contributed by atoms with Crippen LogP contribution in [0, 0.1) is 12.8 Å². The number of amides is 1. The molecule has 0 saturated carbocycles. The molecular formula is C19H22N4O3S. The van der Waals surface area contributed by atoms with Gasteiger partial charge in [-0.1, -0.05) is 31.3 Å². The molecule has 1 amide bonds. The molecule has 0 saturated heterocycles. The summed E-state index contributed by atoms with van der Waals surface area (Å²) in [5, 5.41) is 7.82.